The maximum atomic E-state index is 12.0. The van der Waals surface area contributed by atoms with E-state index in [4.69, 9.17) is 5.11 Å². The van der Waals surface area contributed by atoms with Crippen molar-refractivity contribution in [2.24, 2.45) is 5.92 Å². The van der Waals surface area contributed by atoms with Gasteiger partial charge >= 0.3 is 5.97 Å². The summed E-state index contributed by atoms with van der Waals surface area (Å²) in [4.78, 5) is 10.6. The lowest BCUT2D eigenvalue weighted by Gasteiger charge is -2.31. The molecule has 1 unspecified atom stereocenters. The van der Waals surface area contributed by atoms with E-state index in [-0.39, 0.29) is 17.6 Å². The number of hydrogen-bond donors (Lipinski definition) is 1. The molecule has 0 aromatic heterocycles. The van der Waals surface area contributed by atoms with Gasteiger partial charge < -0.3 is 5.11 Å². The van der Waals surface area contributed by atoms with Gasteiger partial charge in [0.05, 0.1) is 5.25 Å². The summed E-state index contributed by atoms with van der Waals surface area (Å²) in [7, 11) is -3.12. The van der Waals surface area contributed by atoms with Gasteiger partial charge in [0.1, 0.15) is 0 Å². The largest absolute Gasteiger partial charge is 0.481 e. The second kappa shape index (κ2) is 4.33. The van der Waals surface area contributed by atoms with Crippen molar-refractivity contribution in [2.75, 3.05) is 13.1 Å². The van der Waals surface area contributed by atoms with Crippen LogP contribution in [0.15, 0.2) is 0 Å². The molecule has 2 fully saturated rings. The number of hydrogen-bond acceptors (Lipinski definition) is 3. The molecule has 6 heteroatoms. The van der Waals surface area contributed by atoms with E-state index >= 15 is 0 Å². The number of sulfonamides is 1. The number of piperidine rings is 1. The van der Waals surface area contributed by atoms with E-state index in [9.17, 15) is 13.2 Å². The van der Waals surface area contributed by atoms with E-state index in [2.05, 4.69) is 0 Å². The Labute approximate surface area is 95.5 Å². The van der Waals surface area contributed by atoms with E-state index in [1.54, 1.807) is 0 Å². The fraction of sp³-hybridized carbons (Fsp3) is 0.900. The first-order valence-corrected chi connectivity index (χ1v) is 7.21. The number of carboxylic acids is 1. The summed E-state index contributed by atoms with van der Waals surface area (Å²) in [5, 5.41) is 8.52. The highest BCUT2D eigenvalue weighted by Gasteiger charge is 2.41. The lowest BCUT2D eigenvalue weighted by molar-refractivity contribution is -0.138. The minimum absolute atomic E-state index is 0.0141. The molecule has 5 nitrogen and oxygen atoms in total. The molecular weight excluding hydrogens is 230 g/mol. The Morgan fingerprint density at radius 1 is 1.31 bits per heavy atom. The molecule has 16 heavy (non-hydrogen) atoms. The Hall–Kier alpha value is -0.620. The molecule has 2 aliphatic rings. The van der Waals surface area contributed by atoms with Gasteiger partial charge in [0.25, 0.3) is 0 Å². The lowest BCUT2D eigenvalue weighted by Crippen LogP contribution is -2.42. The third kappa shape index (κ3) is 2.55. The van der Waals surface area contributed by atoms with Crippen LogP contribution in [0, 0.1) is 5.92 Å². The normalized spacial score (nSPS) is 27.9. The predicted molar refractivity (Wildman–Crippen MR) is 58.5 cm³/mol. The van der Waals surface area contributed by atoms with Crippen molar-refractivity contribution in [3.8, 4) is 0 Å². The molecule has 1 atom stereocenters. The summed E-state index contributed by atoms with van der Waals surface area (Å²) in [6.45, 7) is 0.958. The van der Waals surface area contributed by atoms with Crippen LogP contribution in [-0.4, -0.2) is 42.1 Å². The van der Waals surface area contributed by atoms with Gasteiger partial charge in [-0.1, -0.05) is 0 Å². The first-order chi connectivity index (χ1) is 7.50. The van der Waals surface area contributed by atoms with Gasteiger partial charge in [-0.15, -0.1) is 0 Å². The van der Waals surface area contributed by atoms with E-state index in [1.165, 1.54) is 4.31 Å². The summed E-state index contributed by atoms with van der Waals surface area (Å²) >= 11 is 0. The Balaban J connectivity index is 1.98. The van der Waals surface area contributed by atoms with Crippen molar-refractivity contribution in [3.05, 3.63) is 0 Å². The molecule has 1 saturated heterocycles. The highest BCUT2D eigenvalue weighted by atomic mass is 32.2. The number of rotatable bonds is 4. The van der Waals surface area contributed by atoms with Gasteiger partial charge in [-0.25, -0.2) is 12.7 Å². The van der Waals surface area contributed by atoms with Crippen LogP contribution in [0.2, 0.25) is 0 Å². The number of carboxylic acid groups (broad SMARTS) is 1. The van der Waals surface area contributed by atoms with E-state index in [0.717, 1.165) is 25.7 Å². The summed E-state index contributed by atoms with van der Waals surface area (Å²) in [6, 6.07) is 0. The van der Waals surface area contributed by atoms with Gasteiger partial charge in [0, 0.05) is 19.5 Å². The van der Waals surface area contributed by atoms with Crippen molar-refractivity contribution in [3.63, 3.8) is 0 Å². The first-order valence-electron chi connectivity index (χ1n) is 5.71. The molecule has 0 bridgehead atoms. The van der Waals surface area contributed by atoms with Crippen molar-refractivity contribution in [1.29, 1.82) is 0 Å². The zero-order valence-electron chi connectivity index (χ0n) is 9.13. The molecule has 1 aliphatic heterocycles. The highest BCUT2D eigenvalue weighted by molar-refractivity contribution is 7.90. The molecule has 92 valence electrons. The molecule has 0 aromatic carbocycles. The fourth-order valence-electron chi connectivity index (χ4n) is 2.25. The minimum Gasteiger partial charge on any atom is -0.481 e. The van der Waals surface area contributed by atoms with Crippen LogP contribution in [0.5, 0.6) is 0 Å². The van der Waals surface area contributed by atoms with Crippen molar-refractivity contribution in [1.82, 2.24) is 4.31 Å². The zero-order valence-corrected chi connectivity index (χ0v) is 9.95. The van der Waals surface area contributed by atoms with E-state index in [0.29, 0.717) is 13.1 Å². The van der Waals surface area contributed by atoms with Crippen LogP contribution in [-0.2, 0) is 14.8 Å². The zero-order chi connectivity index (χ0) is 11.8. The monoisotopic (exact) mass is 247 g/mol. The second-order valence-electron chi connectivity index (χ2n) is 4.71. The average molecular weight is 247 g/mol. The van der Waals surface area contributed by atoms with Gasteiger partial charge in [0.2, 0.25) is 10.0 Å². The molecule has 0 amide bonds. The molecule has 2 rings (SSSR count). The molecule has 1 aliphatic carbocycles. The van der Waals surface area contributed by atoms with Crippen LogP contribution in [0.1, 0.15) is 32.1 Å². The third-order valence-electron chi connectivity index (χ3n) is 3.25. The molecule has 1 heterocycles. The fourth-order valence-corrected chi connectivity index (χ4v) is 4.20. The van der Waals surface area contributed by atoms with E-state index in [1.807, 2.05) is 0 Å². The number of aliphatic carboxylic acids is 1. The summed E-state index contributed by atoms with van der Waals surface area (Å²) in [5.74, 6) is -0.851. The van der Waals surface area contributed by atoms with E-state index < -0.39 is 16.0 Å². The third-order valence-corrected chi connectivity index (χ3v) is 5.62. The Kier molecular flexibility index (Phi) is 3.21. The molecule has 0 aromatic rings. The van der Waals surface area contributed by atoms with Gasteiger partial charge in [-0.3, -0.25) is 4.79 Å². The van der Waals surface area contributed by atoms with Gasteiger partial charge in [-0.05, 0) is 31.6 Å². The molecular formula is C10H17NO4S. The predicted octanol–water partition coefficient (Wildman–Crippen LogP) is 0.665. The van der Waals surface area contributed by atoms with Crippen molar-refractivity contribution in [2.45, 2.75) is 37.4 Å². The van der Waals surface area contributed by atoms with Gasteiger partial charge in [0.15, 0.2) is 0 Å². The van der Waals surface area contributed by atoms with Crippen LogP contribution >= 0.6 is 0 Å². The molecule has 1 saturated carbocycles. The minimum atomic E-state index is -3.12. The maximum absolute atomic E-state index is 12.0. The van der Waals surface area contributed by atoms with Crippen molar-refractivity contribution < 1.29 is 18.3 Å². The van der Waals surface area contributed by atoms with Crippen LogP contribution in [0.25, 0.3) is 0 Å². The summed E-state index contributed by atoms with van der Waals surface area (Å²) in [5.41, 5.74) is 0. The Morgan fingerprint density at radius 3 is 2.56 bits per heavy atom. The number of carbonyl (C=O) groups is 1. The summed E-state index contributed by atoms with van der Waals surface area (Å²) in [6.07, 6.45) is 3.22. The van der Waals surface area contributed by atoms with Gasteiger partial charge in [-0.2, -0.15) is 0 Å². The molecule has 0 radical (unpaired) electrons. The maximum Gasteiger partial charge on any atom is 0.303 e. The Morgan fingerprint density at radius 2 is 2.00 bits per heavy atom. The van der Waals surface area contributed by atoms with Crippen LogP contribution in [0.3, 0.4) is 0 Å². The quantitative estimate of drug-likeness (QED) is 0.792. The topological polar surface area (TPSA) is 74.7 Å². The molecule has 0 spiro atoms. The second-order valence-corrected chi connectivity index (χ2v) is 6.92. The smallest absolute Gasteiger partial charge is 0.303 e. The van der Waals surface area contributed by atoms with Crippen LogP contribution in [0.4, 0.5) is 0 Å². The number of nitrogens with zero attached hydrogens (tertiary/aromatic N) is 1. The molecule has 1 N–H and O–H groups in total. The summed E-state index contributed by atoms with van der Waals surface area (Å²) < 4.78 is 25.4. The SMILES string of the molecule is O=C(O)CC1CCCN(S(=O)(=O)C2CC2)C1. The first kappa shape index (κ1) is 11.9. The average Bonchev–Trinajstić information content (AvgIpc) is 3.00. The van der Waals surface area contributed by atoms with Crippen molar-refractivity contribution >= 4 is 16.0 Å². The van der Waals surface area contributed by atoms with Crippen LogP contribution < -0.4 is 0 Å². The highest BCUT2D eigenvalue weighted by Crippen LogP contribution is 2.33. The lowest BCUT2D eigenvalue weighted by atomic mass is 9.96. The Bertz CT molecular complexity index is 374. The standard InChI is InChI=1S/C10H17NO4S/c12-10(13)6-8-2-1-5-11(7-8)16(14,15)9-3-4-9/h8-9H,1-7H2,(H,12,13).